The summed E-state index contributed by atoms with van der Waals surface area (Å²) in [5, 5.41) is 0. The minimum atomic E-state index is -1.08. The SMILES string of the molecule is C/C=C/C1CCC(c2ccc(OC(=O)C3CCC(c4ccc(C5CO5)c(F)c4)CC3)c(F)c2F)CC1. The molecule has 36 heavy (non-hydrogen) atoms. The van der Waals surface area contributed by atoms with E-state index in [0.29, 0.717) is 49.3 Å². The van der Waals surface area contributed by atoms with Crippen LogP contribution in [0.1, 0.15) is 92.9 Å². The van der Waals surface area contributed by atoms with Crippen molar-refractivity contribution >= 4 is 5.97 Å². The van der Waals surface area contributed by atoms with Crippen molar-refractivity contribution in [3.63, 3.8) is 0 Å². The predicted octanol–water partition coefficient (Wildman–Crippen LogP) is 7.90. The van der Waals surface area contributed by atoms with Gasteiger partial charge in [0.1, 0.15) is 11.9 Å². The van der Waals surface area contributed by atoms with E-state index in [0.717, 1.165) is 31.2 Å². The highest BCUT2D eigenvalue weighted by Gasteiger charge is 2.32. The number of esters is 1. The van der Waals surface area contributed by atoms with Crippen molar-refractivity contribution in [3.05, 3.63) is 76.6 Å². The fraction of sp³-hybridized carbons (Fsp3) is 0.500. The van der Waals surface area contributed by atoms with Crippen LogP contribution in [0.25, 0.3) is 0 Å². The number of halogens is 3. The second-order valence-electron chi connectivity index (χ2n) is 10.5. The van der Waals surface area contributed by atoms with Gasteiger partial charge in [-0.2, -0.15) is 4.39 Å². The quantitative estimate of drug-likeness (QED) is 0.176. The van der Waals surface area contributed by atoms with Gasteiger partial charge in [-0.05, 0) is 99.3 Å². The molecule has 2 aromatic rings. The highest BCUT2D eigenvalue weighted by atomic mass is 19.2. The van der Waals surface area contributed by atoms with Gasteiger partial charge >= 0.3 is 5.97 Å². The summed E-state index contributed by atoms with van der Waals surface area (Å²) in [6.07, 6.45) is 10.2. The van der Waals surface area contributed by atoms with Gasteiger partial charge in [-0.15, -0.1) is 0 Å². The number of rotatable bonds is 6. The van der Waals surface area contributed by atoms with Crippen LogP contribution in [-0.4, -0.2) is 12.6 Å². The third-order valence-electron chi connectivity index (χ3n) is 8.20. The van der Waals surface area contributed by atoms with Crippen molar-refractivity contribution in [2.75, 3.05) is 6.61 Å². The first kappa shape index (κ1) is 25.1. The van der Waals surface area contributed by atoms with E-state index in [1.54, 1.807) is 18.2 Å². The Balaban J connectivity index is 1.17. The molecule has 2 saturated carbocycles. The van der Waals surface area contributed by atoms with Crippen LogP contribution in [0.2, 0.25) is 0 Å². The normalized spacial score (nSPS) is 28.3. The molecular formula is C30H33F3O3. The Bertz CT molecular complexity index is 1120. The van der Waals surface area contributed by atoms with Gasteiger partial charge in [0.2, 0.25) is 5.82 Å². The number of epoxide rings is 1. The summed E-state index contributed by atoms with van der Waals surface area (Å²) in [6.45, 7) is 2.56. The summed E-state index contributed by atoms with van der Waals surface area (Å²) in [4.78, 5) is 12.7. The number of allylic oxidation sites excluding steroid dienone is 2. The average molecular weight is 499 g/mol. The third kappa shape index (κ3) is 5.39. The summed E-state index contributed by atoms with van der Waals surface area (Å²) in [7, 11) is 0. The molecule has 5 rings (SSSR count). The van der Waals surface area contributed by atoms with Gasteiger partial charge in [-0.3, -0.25) is 4.79 Å². The van der Waals surface area contributed by atoms with E-state index < -0.39 is 17.6 Å². The van der Waals surface area contributed by atoms with Crippen molar-refractivity contribution in [1.29, 1.82) is 0 Å². The molecule has 3 fully saturated rings. The van der Waals surface area contributed by atoms with E-state index in [1.165, 1.54) is 6.07 Å². The lowest BCUT2D eigenvalue weighted by Gasteiger charge is -2.28. The zero-order valence-electron chi connectivity index (χ0n) is 20.7. The van der Waals surface area contributed by atoms with E-state index in [9.17, 15) is 18.0 Å². The Labute approximate surface area is 210 Å². The van der Waals surface area contributed by atoms with E-state index in [2.05, 4.69) is 6.08 Å². The molecule has 0 amide bonds. The number of hydrogen-bond donors (Lipinski definition) is 0. The van der Waals surface area contributed by atoms with E-state index in [1.807, 2.05) is 19.1 Å². The van der Waals surface area contributed by atoms with Gasteiger partial charge in [-0.1, -0.05) is 30.4 Å². The standard InChI is InChI=1S/C30H33F3O3/c1-2-3-18-4-6-20(7-5-18)23-14-15-26(29(33)28(23)32)36-30(34)21-10-8-19(9-11-21)22-12-13-24(25(31)16-22)27-17-35-27/h2-3,12-16,18-21,27H,4-11,17H2,1H3/b3-2+. The maximum absolute atomic E-state index is 14.9. The highest BCUT2D eigenvalue weighted by molar-refractivity contribution is 5.75. The number of ether oxygens (including phenoxy) is 2. The maximum Gasteiger partial charge on any atom is 0.314 e. The molecule has 0 radical (unpaired) electrons. The van der Waals surface area contributed by atoms with Crippen molar-refractivity contribution in [2.24, 2.45) is 11.8 Å². The van der Waals surface area contributed by atoms with Crippen LogP contribution in [0.4, 0.5) is 13.2 Å². The summed E-state index contributed by atoms with van der Waals surface area (Å²) < 4.78 is 54.7. The monoisotopic (exact) mass is 498 g/mol. The number of hydrogen-bond acceptors (Lipinski definition) is 3. The summed E-state index contributed by atoms with van der Waals surface area (Å²) >= 11 is 0. The summed E-state index contributed by atoms with van der Waals surface area (Å²) in [5.74, 6) is -2.83. The zero-order chi connectivity index (χ0) is 25.2. The van der Waals surface area contributed by atoms with Crippen molar-refractivity contribution in [3.8, 4) is 5.75 Å². The second-order valence-corrected chi connectivity index (χ2v) is 10.5. The molecule has 1 heterocycles. The molecule has 0 aromatic heterocycles. The Hall–Kier alpha value is -2.60. The Morgan fingerprint density at radius 2 is 1.56 bits per heavy atom. The average Bonchev–Trinajstić information content (AvgIpc) is 3.73. The van der Waals surface area contributed by atoms with Crippen LogP contribution < -0.4 is 4.74 Å². The minimum Gasteiger partial charge on any atom is -0.423 e. The lowest BCUT2D eigenvalue weighted by atomic mass is 9.78. The van der Waals surface area contributed by atoms with Crippen molar-refractivity contribution in [1.82, 2.24) is 0 Å². The minimum absolute atomic E-state index is 0.0169. The van der Waals surface area contributed by atoms with Gasteiger partial charge in [0.05, 0.1) is 12.5 Å². The smallest absolute Gasteiger partial charge is 0.314 e. The highest BCUT2D eigenvalue weighted by Crippen LogP contribution is 2.41. The molecule has 3 aliphatic rings. The van der Waals surface area contributed by atoms with E-state index in [-0.39, 0.29) is 35.4 Å². The van der Waals surface area contributed by atoms with Gasteiger partial charge in [0.15, 0.2) is 11.6 Å². The van der Waals surface area contributed by atoms with Gasteiger partial charge < -0.3 is 9.47 Å². The van der Waals surface area contributed by atoms with Gasteiger partial charge in [-0.25, -0.2) is 8.78 Å². The first-order valence-corrected chi connectivity index (χ1v) is 13.2. The zero-order valence-corrected chi connectivity index (χ0v) is 20.7. The van der Waals surface area contributed by atoms with Crippen LogP contribution >= 0.6 is 0 Å². The molecule has 1 aliphatic heterocycles. The topological polar surface area (TPSA) is 38.8 Å². The van der Waals surface area contributed by atoms with Crippen molar-refractivity contribution < 1.29 is 27.4 Å². The summed E-state index contributed by atoms with van der Waals surface area (Å²) in [6, 6.07) is 8.27. The fourth-order valence-corrected chi connectivity index (χ4v) is 5.98. The van der Waals surface area contributed by atoms with Crippen LogP contribution in [-0.2, 0) is 9.53 Å². The Morgan fingerprint density at radius 3 is 2.19 bits per heavy atom. The van der Waals surface area contributed by atoms with Crippen LogP contribution in [0.5, 0.6) is 5.75 Å². The first-order chi connectivity index (χ1) is 17.4. The number of carbonyl (C=O) groups is 1. The molecule has 2 aliphatic carbocycles. The molecule has 0 bridgehead atoms. The lowest BCUT2D eigenvalue weighted by Crippen LogP contribution is -2.25. The molecule has 3 nitrogen and oxygen atoms in total. The van der Waals surface area contributed by atoms with Gasteiger partial charge in [0, 0.05) is 5.56 Å². The molecular weight excluding hydrogens is 465 g/mol. The molecule has 6 heteroatoms. The van der Waals surface area contributed by atoms with Crippen LogP contribution in [0.3, 0.4) is 0 Å². The van der Waals surface area contributed by atoms with Crippen LogP contribution in [0.15, 0.2) is 42.5 Å². The maximum atomic E-state index is 14.9. The molecule has 0 spiro atoms. The predicted molar refractivity (Wildman–Crippen MR) is 131 cm³/mol. The Morgan fingerprint density at radius 1 is 0.889 bits per heavy atom. The number of benzene rings is 2. The molecule has 2 aromatic carbocycles. The van der Waals surface area contributed by atoms with E-state index in [4.69, 9.17) is 9.47 Å². The molecule has 1 atom stereocenters. The molecule has 1 saturated heterocycles. The lowest BCUT2D eigenvalue weighted by molar-refractivity contribution is -0.140. The second kappa shape index (κ2) is 10.8. The number of carbonyl (C=O) groups excluding carboxylic acids is 1. The Kier molecular flexibility index (Phi) is 7.52. The third-order valence-corrected chi connectivity index (χ3v) is 8.20. The van der Waals surface area contributed by atoms with Gasteiger partial charge in [0.25, 0.3) is 0 Å². The largest absolute Gasteiger partial charge is 0.423 e. The van der Waals surface area contributed by atoms with Crippen LogP contribution in [0, 0.1) is 29.3 Å². The van der Waals surface area contributed by atoms with Crippen molar-refractivity contribution in [2.45, 2.75) is 76.2 Å². The molecule has 1 unspecified atom stereocenters. The van der Waals surface area contributed by atoms with E-state index >= 15 is 0 Å². The summed E-state index contributed by atoms with van der Waals surface area (Å²) in [5.41, 5.74) is 1.89. The fourth-order valence-electron chi connectivity index (χ4n) is 5.98. The first-order valence-electron chi connectivity index (χ1n) is 13.2. The molecule has 0 N–H and O–H groups in total. The molecule has 192 valence electrons.